The summed E-state index contributed by atoms with van der Waals surface area (Å²) in [5.74, 6) is 5.38. The number of hydrogen-bond acceptors (Lipinski definition) is 2. The zero-order chi connectivity index (χ0) is 17.8. The largest absolute Gasteiger partial charge is 0.377 e. The van der Waals surface area contributed by atoms with Gasteiger partial charge in [0.15, 0.2) is 0 Å². The third kappa shape index (κ3) is 2.32. The predicted octanol–water partition coefficient (Wildman–Crippen LogP) is 4.44. The number of carbonyl (C=O) groups excluding carboxylic acids is 1. The second-order valence-electron chi connectivity index (χ2n) is 9.13. The van der Waals surface area contributed by atoms with Crippen LogP contribution in [0.2, 0.25) is 0 Å². The summed E-state index contributed by atoms with van der Waals surface area (Å²) in [4.78, 5) is 11.9. The van der Waals surface area contributed by atoms with Crippen molar-refractivity contribution in [1.29, 1.82) is 0 Å². The first-order valence-corrected chi connectivity index (χ1v) is 9.97. The molecule has 0 amide bonds. The number of Topliss-reactive ketones (excluding diaryl/α,β-unsaturated/α-hetero) is 1. The molecule has 0 bridgehead atoms. The van der Waals surface area contributed by atoms with E-state index in [1.54, 1.807) is 5.57 Å². The smallest absolute Gasteiger partial charge is 0.137 e. The summed E-state index contributed by atoms with van der Waals surface area (Å²) >= 11 is 0. The van der Waals surface area contributed by atoms with E-state index in [9.17, 15) is 9.90 Å². The molecule has 2 nitrogen and oxygen atoms in total. The van der Waals surface area contributed by atoms with Gasteiger partial charge >= 0.3 is 0 Å². The van der Waals surface area contributed by atoms with Gasteiger partial charge in [0.25, 0.3) is 0 Å². The van der Waals surface area contributed by atoms with Gasteiger partial charge in [0, 0.05) is 18.3 Å². The lowest BCUT2D eigenvalue weighted by Crippen LogP contribution is -2.53. The zero-order valence-corrected chi connectivity index (χ0v) is 15.4. The molecular formula is C23H30O2. The third-order valence-corrected chi connectivity index (χ3v) is 8.18. The molecule has 25 heavy (non-hydrogen) atoms. The normalized spacial score (nSPS) is 46.0. The van der Waals surface area contributed by atoms with E-state index < -0.39 is 5.60 Å². The molecule has 0 heterocycles. The fourth-order valence-electron chi connectivity index (χ4n) is 7.04. The Balaban J connectivity index is 1.76. The first-order valence-electron chi connectivity index (χ1n) is 9.97. The van der Waals surface area contributed by atoms with Crippen LogP contribution in [0.3, 0.4) is 0 Å². The van der Waals surface area contributed by atoms with Crippen LogP contribution in [0, 0.1) is 41.4 Å². The zero-order valence-electron chi connectivity index (χ0n) is 15.4. The monoisotopic (exact) mass is 338 g/mol. The van der Waals surface area contributed by atoms with E-state index in [0.29, 0.717) is 35.9 Å². The summed E-state index contributed by atoms with van der Waals surface area (Å²) in [5.41, 5.74) is 1.90. The van der Waals surface area contributed by atoms with Crippen LogP contribution in [-0.4, -0.2) is 16.5 Å². The number of fused-ring (bicyclic) bond motifs is 4. The minimum atomic E-state index is -0.959. The number of hydrogen-bond donors (Lipinski definition) is 1. The van der Waals surface area contributed by atoms with Crippen LogP contribution in [0.25, 0.3) is 0 Å². The molecule has 0 aromatic heterocycles. The predicted molar refractivity (Wildman–Crippen MR) is 99.6 cm³/mol. The van der Waals surface area contributed by atoms with E-state index in [0.717, 1.165) is 51.4 Å². The summed E-state index contributed by atoms with van der Waals surface area (Å²) in [5, 5.41) is 11.2. The highest BCUT2D eigenvalue weighted by atomic mass is 16.3. The van der Waals surface area contributed by atoms with Gasteiger partial charge in [0.05, 0.1) is 0 Å². The lowest BCUT2D eigenvalue weighted by Gasteiger charge is -2.56. The molecule has 0 radical (unpaired) electrons. The second-order valence-corrected chi connectivity index (χ2v) is 9.13. The van der Waals surface area contributed by atoms with Crippen molar-refractivity contribution < 1.29 is 9.90 Å². The van der Waals surface area contributed by atoms with Crippen LogP contribution in [0.4, 0.5) is 0 Å². The van der Waals surface area contributed by atoms with E-state index in [1.807, 2.05) is 6.08 Å². The van der Waals surface area contributed by atoms with Crippen LogP contribution in [0.5, 0.6) is 0 Å². The summed E-state index contributed by atoms with van der Waals surface area (Å²) in [6.45, 7) is 6.24. The van der Waals surface area contributed by atoms with Crippen LogP contribution < -0.4 is 0 Å². The maximum absolute atomic E-state index is 11.9. The van der Waals surface area contributed by atoms with Gasteiger partial charge < -0.3 is 5.11 Å². The van der Waals surface area contributed by atoms with Crippen molar-refractivity contribution in [3.8, 4) is 12.3 Å². The van der Waals surface area contributed by atoms with Crippen molar-refractivity contribution in [2.45, 2.75) is 70.3 Å². The SMILES string of the molecule is C#CC1(O)CCC2C3CCC4=C(CCC(=O)C4)C3C(CC=C)CC21C. The van der Waals surface area contributed by atoms with Gasteiger partial charge in [0.2, 0.25) is 0 Å². The van der Waals surface area contributed by atoms with Crippen LogP contribution in [0.1, 0.15) is 64.7 Å². The minimum absolute atomic E-state index is 0.181. The summed E-state index contributed by atoms with van der Waals surface area (Å²) in [7, 11) is 0. The Labute approximate surface area is 151 Å². The Bertz CT molecular complexity index is 681. The summed E-state index contributed by atoms with van der Waals surface area (Å²) in [6, 6.07) is 0. The van der Waals surface area contributed by atoms with E-state index in [-0.39, 0.29) is 5.41 Å². The van der Waals surface area contributed by atoms with E-state index in [2.05, 4.69) is 19.4 Å². The Morgan fingerprint density at radius 1 is 1.36 bits per heavy atom. The van der Waals surface area contributed by atoms with Crippen LogP contribution in [0.15, 0.2) is 23.8 Å². The van der Waals surface area contributed by atoms with E-state index in [4.69, 9.17) is 6.42 Å². The Morgan fingerprint density at radius 2 is 2.16 bits per heavy atom. The number of carbonyl (C=O) groups is 1. The molecule has 2 fully saturated rings. The molecule has 2 heteroatoms. The van der Waals surface area contributed by atoms with Crippen molar-refractivity contribution in [2.75, 3.05) is 0 Å². The highest BCUT2D eigenvalue weighted by Crippen LogP contribution is 2.66. The molecule has 0 aromatic carbocycles. The van der Waals surface area contributed by atoms with Crippen molar-refractivity contribution in [3.63, 3.8) is 0 Å². The summed E-state index contributed by atoms with van der Waals surface area (Å²) in [6.07, 6.45) is 16.2. The molecule has 2 saturated carbocycles. The minimum Gasteiger partial charge on any atom is -0.377 e. The first kappa shape index (κ1) is 17.1. The number of terminal acetylenes is 1. The maximum Gasteiger partial charge on any atom is 0.137 e. The molecule has 4 aliphatic rings. The van der Waals surface area contributed by atoms with Gasteiger partial charge in [-0.1, -0.05) is 30.1 Å². The Hall–Kier alpha value is -1.33. The maximum atomic E-state index is 11.9. The quantitative estimate of drug-likeness (QED) is 0.597. The Kier molecular flexibility index (Phi) is 4.00. The standard InChI is InChI=1S/C23H30O2/c1-4-6-16-14-22(3)20(11-12-23(22,25)5-2)19-9-7-15-13-17(24)8-10-18(15)21(16)19/h2,4,16,19-21,25H,1,6-14H2,3H3. The lowest BCUT2D eigenvalue weighted by molar-refractivity contribution is -0.119. The molecule has 6 unspecified atom stereocenters. The molecule has 6 atom stereocenters. The molecule has 1 N–H and O–H groups in total. The first-order chi connectivity index (χ1) is 11.9. The van der Waals surface area contributed by atoms with Crippen molar-refractivity contribution in [2.24, 2.45) is 29.1 Å². The highest BCUT2D eigenvalue weighted by Gasteiger charge is 2.63. The van der Waals surface area contributed by atoms with E-state index in [1.165, 1.54) is 5.57 Å². The van der Waals surface area contributed by atoms with E-state index >= 15 is 0 Å². The number of allylic oxidation sites excluding steroid dienone is 3. The topological polar surface area (TPSA) is 37.3 Å². The van der Waals surface area contributed by atoms with Crippen LogP contribution >= 0.6 is 0 Å². The average Bonchev–Trinajstić information content (AvgIpc) is 2.86. The lowest BCUT2D eigenvalue weighted by atomic mass is 9.49. The van der Waals surface area contributed by atoms with Gasteiger partial charge in [-0.25, -0.2) is 0 Å². The molecule has 0 aliphatic heterocycles. The molecule has 4 aliphatic carbocycles. The number of ketones is 1. The highest BCUT2D eigenvalue weighted by molar-refractivity contribution is 5.82. The van der Waals surface area contributed by atoms with Gasteiger partial charge in [-0.3, -0.25) is 4.79 Å². The average molecular weight is 338 g/mol. The number of aliphatic hydroxyl groups is 1. The van der Waals surface area contributed by atoms with Gasteiger partial charge in [-0.15, -0.1) is 13.0 Å². The number of rotatable bonds is 2. The van der Waals surface area contributed by atoms with Gasteiger partial charge in [-0.05, 0) is 68.6 Å². The fraction of sp³-hybridized carbons (Fsp3) is 0.696. The van der Waals surface area contributed by atoms with Gasteiger partial charge in [-0.2, -0.15) is 0 Å². The third-order valence-electron chi connectivity index (χ3n) is 8.18. The molecule has 134 valence electrons. The molecule has 4 rings (SSSR count). The van der Waals surface area contributed by atoms with Crippen molar-refractivity contribution in [3.05, 3.63) is 23.8 Å². The molecular weight excluding hydrogens is 308 g/mol. The fourth-order valence-corrected chi connectivity index (χ4v) is 7.04. The van der Waals surface area contributed by atoms with Crippen molar-refractivity contribution in [1.82, 2.24) is 0 Å². The van der Waals surface area contributed by atoms with Crippen LogP contribution in [-0.2, 0) is 4.79 Å². The van der Waals surface area contributed by atoms with Gasteiger partial charge in [0.1, 0.15) is 11.4 Å². The second kappa shape index (κ2) is 5.85. The molecule has 0 saturated heterocycles. The molecule has 0 spiro atoms. The summed E-state index contributed by atoms with van der Waals surface area (Å²) < 4.78 is 0. The van der Waals surface area contributed by atoms with Crippen molar-refractivity contribution >= 4 is 5.78 Å². The Morgan fingerprint density at radius 3 is 2.88 bits per heavy atom. The molecule has 0 aromatic rings.